The van der Waals surface area contributed by atoms with Crippen LogP contribution in [0.15, 0.2) is 55.0 Å². The predicted octanol–water partition coefficient (Wildman–Crippen LogP) is 4.31. The maximum atomic E-state index is 8.86. The molecule has 4 heterocycles. The molecule has 1 fully saturated rings. The van der Waals surface area contributed by atoms with Crippen molar-refractivity contribution in [3.8, 4) is 11.8 Å². The van der Waals surface area contributed by atoms with E-state index >= 15 is 0 Å². The van der Waals surface area contributed by atoms with Crippen LogP contribution < -0.4 is 10.1 Å². The molecule has 4 aromatic rings. The van der Waals surface area contributed by atoms with Gasteiger partial charge in [-0.1, -0.05) is 0 Å². The van der Waals surface area contributed by atoms with E-state index in [4.69, 9.17) is 10.00 Å². The van der Waals surface area contributed by atoms with Crippen molar-refractivity contribution in [2.75, 3.05) is 19.0 Å². The van der Waals surface area contributed by atoms with E-state index in [2.05, 4.69) is 48.4 Å². The van der Waals surface area contributed by atoms with Crippen LogP contribution in [-0.2, 0) is 6.54 Å². The van der Waals surface area contributed by atoms with E-state index in [1.165, 1.54) is 5.69 Å². The van der Waals surface area contributed by atoms with Gasteiger partial charge in [0.15, 0.2) is 0 Å². The molecule has 1 aliphatic heterocycles. The van der Waals surface area contributed by atoms with Gasteiger partial charge in [0, 0.05) is 23.1 Å². The average Bonchev–Trinajstić information content (AvgIpc) is 3.46. The molecule has 0 aliphatic carbocycles. The number of nitrogens with one attached hydrogen (secondary N) is 2. The van der Waals surface area contributed by atoms with Crippen LogP contribution in [0.3, 0.4) is 0 Å². The van der Waals surface area contributed by atoms with Crippen molar-refractivity contribution in [3.05, 3.63) is 72.1 Å². The van der Waals surface area contributed by atoms with Gasteiger partial charge in [-0.15, -0.1) is 0 Å². The van der Waals surface area contributed by atoms with Crippen molar-refractivity contribution in [2.45, 2.75) is 25.4 Å². The standard InChI is InChI=1S/C24H23N7O/c1-32-20-6-7-21-16(10-20)9-19(29-21)15-31-8-2-3-23(31)22-13-28-24(14-27-22)30-18-5-4-17(11-25)26-12-18/h4-7,9-10,12-14,23,29H,2-3,8,15H2,1H3,(H,28,30). The van der Waals surface area contributed by atoms with Gasteiger partial charge < -0.3 is 15.0 Å². The van der Waals surface area contributed by atoms with E-state index < -0.39 is 0 Å². The van der Waals surface area contributed by atoms with Crippen molar-refractivity contribution in [2.24, 2.45) is 0 Å². The Hall–Kier alpha value is -3.96. The Labute approximate surface area is 185 Å². The van der Waals surface area contributed by atoms with E-state index in [1.54, 1.807) is 31.6 Å². The molecule has 1 saturated heterocycles. The molecule has 0 saturated carbocycles. The summed E-state index contributed by atoms with van der Waals surface area (Å²) in [4.78, 5) is 19.3. The Morgan fingerprint density at radius 2 is 2.09 bits per heavy atom. The molecular formula is C24H23N7O. The Bertz CT molecular complexity index is 1260. The number of aromatic nitrogens is 4. The SMILES string of the molecule is COc1ccc2[nH]c(CN3CCCC3c3cnc(Nc4ccc(C#N)nc4)cn3)cc2c1. The summed E-state index contributed by atoms with van der Waals surface area (Å²) in [6, 6.07) is 14.0. The molecule has 1 aliphatic rings. The van der Waals surface area contributed by atoms with Gasteiger partial charge in [0.25, 0.3) is 0 Å². The molecule has 3 aromatic heterocycles. The third-order valence-electron chi connectivity index (χ3n) is 5.78. The van der Waals surface area contributed by atoms with Crippen molar-refractivity contribution in [1.29, 1.82) is 5.26 Å². The van der Waals surface area contributed by atoms with Gasteiger partial charge >= 0.3 is 0 Å². The number of pyridine rings is 1. The molecular weight excluding hydrogens is 402 g/mol. The van der Waals surface area contributed by atoms with Gasteiger partial charge in [-0.3, -0.25) is 9.88 Å². The molecule has 5 rings (SSSR count). The second-order valence-electron chi connectivity index (χ2n) is 7.87. The third kappa shape index (κ3) is 4.11. The van der Waals surface area contributed by atoms with Crippen LogP contribution in [-0.4, -0.2) is 38.5 Å². The van der Waals surface area contributed by atoms with Crippen molar-refractivity contribution < 1.29 is 4.74 Å². The number of likely N-dealkylation sites (tertiary alicyclic amines) is 1. The monoisotopic (exact) mass is 425 g/mol. The predicted molar refractivity (Wildman–Crippen MR) is 122 cm³/mol. The van der Waals surface area contributed by atoms with Crippen molar-refractivity contribution >= 4 is 22.4 Å². The summed E-state index contributed by atoms with van der Waals surface area (Å²) in [6.45, 7) is 1.86. The minimum absolute atomic E-state index is 0.245. The molecule has 160 valence electrons. The van der Waals surface area contributed by atoms with Crippen LogP contribution in [0.1, 0.15) is 36.0 Å². The number of aromatic amines is 1. The average molecular weight is 425 g/mol. The van der Waals surface area contributed by atoms with Crippen LogP contribution >= 0.6 is 0 Å². The lowest BCUT2D eigenvalue weighted by molar-refractivity contribution is 0.241. The summed E-state index contributed by atoms with van der Waals surface area (Å²) in [6.07, 6.45) is 7.41. The number of ether oxygens (including phenoxy) is 1. The molecule has 2 N–H and O–H groups in total. The molecule has 0 radical (unpaired) electrons. The first-order valence-electron chi connectivity index (χ1n) is 10.6. The first-order valence-corrected chi connectivity index (χ1v) is 10.6. The number of fused-ring (bicyclic) bond motifs is 1. The fourth-order valence-corrected chi connectivity index (χ4v) is 4.21. The number of benzene rings is 1. The maximum Gasteiger partial charge on any atom is 0.148 e. The van der Waals surface area contributed by atoms with E-state index in [0.29, 0.717) is 11.5 Å². The van der Waals surface area contributed by atoms with Crippen LogP contribution in [0.2, 0.25) is 0 Å². The van der Waals surface area contributed by atoms with Gasteiger partial charge in [-0.05, 0) is 55.8 Å². The summed E-state index contributed by atoms with van der Waals surface area (Å²) in [7, 11) is 1.69. The highest BCUT2D eigenvalue weighted by Crippen LogP contribution is 2.33. The van der Waals surface area contributed by atoms with Crippen LogP contribution in [0.25, 0.3) is 10.9 Å². The number of H-pyrrole nitrogens is 1. The molecule has 8 nitrogen and oxygen atoms in total. The molecule has 8 heteroatoms. The zero-order chi connectivity index (χ0) is 21.9. The highest BCUT2D eigenvalue weighted by atomic mass is 16.5. The quantitative estimate of drug-likeness (QED) is 0.474. The summed E-state index contributed by atoms with van der Waals surface area (Å²) < 4.78 is 5.34. The Kier molecular flexibility index (Phi) is 5.40. The molecule has 0 spiro atoms. The fraction of sp³-hybridized carbons (Fsp3) is 0.250. The van der Waals surface area contributed by atoms with Gasteiger partial charge in [-0.25, -0.2) is 9.97 Å². The first-order chi connectivity index (χ1) is 15.7. The smallest absolute Gasteiger partial charge is 0.148 e. The fourth-order valence-electron chi connectivity index (χ4n) is 4.21. The second kappa shape index (κ2) is 8.65. The van der Waals surface area contributed by atoms with Gasteiger partial charge in [0.2, 0.25) is 0 Å². The highest BCUT2D eigenvalue weighted by Gasteiger charge is 2.27. The molecule has 1 unspecified atom stereocenters. The lowest BCUT2D eigenvalue weighted by atomic mass is 10.1. The number of hydrogen-bond donors (Lipinski definition) is 2. The molecule has 1 aromatic carbocycles. The molecule has 0 bridgehead atoms. The number of rotatable bonds is 6. The normalized spacial score (nSPS) is 16.2. The number of hydrogen-bond acceptors (Lipinski definition) is 7. The Morgan fingerprint density at radius 3 is 2.84 bits per heavy atom. The Balaban J connectivity index is 1.28. The van der Waals surface area contributed by atoms with Crippen molar-refractivity contribution in [1.82, 2.24) is 24.8 Å². The van der Waals surface area contributed by atoms with Crippen LogP contribution in [0, 0.1) is 11.3 Å². The van der Waals surface area contributed by atoms with Gasteiger partial charge in [0.1, 0.15) is 23.3 Å². The number of nitrogens with zero attached hydrogens (tertiary/aromatic N) is 5. The van der Waals surface area contributed by atoms with Crippen LogP contribution in [0.4, 0.5) is 11.5 Å². The van der Waals surface area contributed by atoms with Crippen molar-refractivity contribution in [3.63, 3.8) is 0 Å². The third-order valence-corrected chi connectivity index (χ3v) is 5.78. The molecule has 32 heavy (non-hydrogen) atoms. The largest absolute Gasteiger partial charge is 0.497 e. The zero-order valence-electron chi connectivity index (χ0n) is 17.7. The summed E-state index contributed by atoms with van der Waals surface area (Å²) in [5.41, 5.74) is 4.42. The number of nitriles is 1. The van der Waals surface area contributed by atoms with E-state index in [9.17, 15) is 0 Å². The molecule has 1 atom stereocenters. The highest BCUT2D eigenvalue weighted by molar-refractivity contribution is 5.81. The van der Waals surface area contributed by atoms with Gasteiger partial charge in [-0.2, -0.15) is 5.26 Å². The number of anilines is 2. The van der Waals surface area contributed by atoms with Crippen LogP contribution in [0.5, 0.6) is 5.75 Å². The summed E-state index contributed by atoms with van der Waals surface area (Å²) >= 11 is 0. The minimum atomic E-state index is 0.245. The summed E-state index contributed by atoms with van der Waals surface area (Å²) in [5, 5.41) is 13.2. The first kappa shape index (κ1) is 20.0. The lowest BCUT2D eigenvalue weighted by Gasteiger charge is -2.23. The minimum Gasteiger partial charge on any atom is -0.497 e. The topological polar surface area (TPSA) is 103 Å². The summed E-state index contributed by atoms with van der Waals surface area (Å²) in [5.74, 6) is 1.51. The molecule has 0 amide bonds. The van der Waals surface area contributed by atoms with Gasteiger partial charge in [0.05, 0.1) is 43.1 Å². The number of methoxy groups -OCH3 is 1. The maximum absolute atomic E-state index is 8.86. The zero-order valence-corrected chi connectivity index (χ0v) is 17.7. The Morgan fingerprint density at radius 1 is 1.16 bits per heavy atom. The lowest BCUT2D eigenvalue weighted by Crippen LogP contribution is -2.23. The second-order valence-corrected chi connectivity index (χ2v) is 7.87. The van der Waals surface area contributed by atoms with E-state index in [1.807, 2.05) is 18.3 Å². The van der Waals surface area contributed by atoms with E-state index in [-0.39, 0.29) is 6.04 Å². The van der Waals surface area contributed by atoms with E-state index in [0.717, 1.165) is 54.0 Å².